The fourth-order valence-electron chi connectivity index (χ4n) is 1.33. The summed E-state index contributed by atoms with van der Waals surface area (Å²) in [6, 6.07) is 0. The first-order valence-electron chi connectivity index (χ1n) is 4.29. The van der Waals surface area contributed by atoms with Gasteiger partial charge < -0.3 is 4.74 Å². The standard InChI is InChI=1S/C8H13F2NO2/c9-8(10)1-3-11(4-2-8)5-6-13-7-12/h7H,1-6H2. The molecule has 0 atom stereocenters. The lowest BCUT2D eigenvalue weighted by molar-refractivity contribution is -0.129. The van der Waals surface area contributed by atoms with E-state index in [0.29, 0.717) is 26.1 Å². The van der Waals surface area contributed by atoms with E-state index in [1.54, 1.807) is 0 Å². The van der Waals surface area contributed by atoms with Crippen molar-refractivity contribution in [3.63, 3.8) is 0 Å². The minimum Gasteiger partial charge on any atom is -0.467 e. The first kappa shape index (κ1) is 10.4. The predicted octanol–water partition coefficient (Wildman–Crippen LogP) is 0.890. The molecule has 0 saturated carbocycles. The minimum absolute atomic E-state index is 0.0892. The molecule has 1 rings (SSSR count). The highest BCUT2D eigenvalue weighted by Gasteiger charge is 2.33. The van der Waals surface area contributed by atoms with Crippen LogP contribution in [0.25, 0.3) is 0 Å². The molecule has 0 aromatic heterocycles. The molecule has 0 N–H and O–H groups in total. The van der Waals surface area contributed by atoms with Gasteiger partial charge in [-0.1, -0.05) is 0 Å². The Hall–Kier alpha value is -0.710. The van der Waals surface area contributed by atoms with Crippen LogP contribution in [-0.2, 0) is 9.53 Å². The van der Waals surface area contributed by atoms with Crippen LogP contribution in [-0.4, -0.2) is 43.5 Å². The van der Waals surface area contributed by atoms with Crippen LogP contribution in [0.3, 0.4) is 0 Å². The van der Waals surface area contributed by atoms with E-state index < -0.39 is 5.92 Å². The van der Waals surface area contributed by atoms with Gasteiger partial charge in [-0.05, 0) is 0 Å². The summed E-state index contributed by atoms with van der Waals surface area (Å²) in [6.07, 6.45) is -0.178. The number of rotatable bonds is 4. The fourth-order valence-corrected chi connectivity index (χ4v) is 1.33. The molecule has 0 amide bonds. The number of hydrogen-bond acceptors (Lipinski definition) is 3. The first-order valence-corrected chi connectivity index (χ1v) is 4.29. The molecule has 0 bridgehead atoms. The third kappa shape index (κ3) is 3.67. The number of alkyl halides is 2. The van der Waals surface area contributed by atoms with Gasteiger partial charge in [0.15, 0.2) is 0 Å². The summed E-state index contributed by atoms with van der Waals surface area (Å²) < 4.78 is 29.8. The van der Waals surface area contributed by atoms with Gasteiger partial charge in [0, 0.05) is 32.5 Å². The molecule has 0 unspecified atom stereocenters. The van der Waals surface area contributed by atoms with E-state index in [2.05, 4.69) is 4.74 Å². The average Bonchev–Trinajstić information content (AvgIpc) is 2.08. The zero-order valence-corrected chi connectivity index (χ0v) is 7.34. The number of piperidine rings is 1. The number of ether oxygens (including phenoxy) is 1. The molecule has 1 heterocycles. The van der Waals surface area contributed by atoms with Crippen LogP contribution in [0.1, 0.15) is 12.8 Å². The number of hydrogen-bond donors (Lipinski definition) is 0. The van der Waals surface area contributed by atoms with Gasteiger partial charge in [-0.25, -0.2) is 8.78 Å². The van der Waals surface area contributed by atoms with Gasteiger partial charge in [-0.2, -0.15) is 0 Å². The second-order valence-corrected chi connectivity index (χ2v) is 3.16. The molecule has 76 valence electrons. The molecule has 5 heteroatoms. The lowest BCUT2D eigenvalue weighted by Gasteiger charge is -2.31. The van der Waals surface area contributed by atoms with Gasteiger partial charge in [0.2, 0.25) is 0 Å². The van der Waals surface area contributed by atoms with Gasteiger partial charge in [0.05, 0.1) is 0 Å². The summed E-state index contributed by atoms with van der Waals surface area (Å²) in [6.45, 7) is 1.98. The summed E-state index contributed by atoms with van der Waals surface area (Å²) in [5, 5.41) is 0. The Morgan fingerprint density at radius 2 is 2.00 bits per heavy atom. The van der Waals surface area contributed by atoms with Crippen molar-refractivity contribution >= 4 is 6.47 Å². The van der Waals surface area contributed by atoms with E-state index in [1.807, 2.05) is 4.90 Å². The quantitative estimate of drug-likeness (QED) is 0.490. The normalized spacial score (nSPS) is 22.6. The summed E-state index contributed by atoms with van der Waals surface area (Å²) in [4.78, 5) is 11.7. The third-order valence-corrected chi connectivity index (χ3v) is 2.18. The van der Waals surface area contributed by atoms with Crippen molar-refractivity contribution < 1.29 is 18.3 Å². The van der Waals surface area contributed by atoms with Crippen LogP contribution in [0.4, 0.5) is 8.78 Å². The Bertz CT molecular complexity index is 166. The lowest BCUT2D eigenvalue weighted by Crippen LogP contribution is -2.40. The lowest BCUT2D eigenvalue weighted by atomic mass is 10.1. The highest BCUT2D eigenvalue weighted by Crippen LogP contribution is 2.27. The Balaban J connectivity index is 2.14. The molecular formula is C8H13F2NO2. The van der Waals surface area contributed by atoms with Crippen molar-refractivity contribution in [1.82, 2.24) is 4.90 Å². The third-order valence-electron chi connectivity index (χ3n) is 2.18. The highest BCUT2D eigenvalue weighted by atomic mass is 19.3. The van der Waals surface area contributed by atoms with Crippen molar-refractivity contribution in [1.29, 1.82) is 0 Å². The van der Waals surface area contributed by atoms with Crippen molar-refractivity contribution in [3.8, 4) is 0 Å². The predicted molar refractivity (Wildman–Crippen MR) is 42.6 cm³/mol. The van der Waals surface area contributed by atoms with E-state index in [9.17, 15) is 13.6 Å². The molecule has 13 heavy (non-hydrogen) atoms. The number of carbonyl (C=O) groups excluding carboxylic acids is 1. The summed E-state index contributed by atoms with van der Waals surface area (Å²) in [5.41, 5.74) is 0. The Kier molecular flexibility index (Phi) is 3.59. The van der Waals surface area contributed by atoms with Crippen molar-refractivity contribution in [2.75, 3.05) is 26.2 Å². The molecule has 1 aliphatic heterocycles. The van der Waals surface area contributed by atoms with Crippen molar-refractivity contribution in [2.24, 2.45) is 0 Å². The molecule has 0 aromatic carbocycles. The van der Waals surface area contributed by atoms with Crippen LogP contribution >= 0.6 is 0 Å². The SMILES string of the molecule is O=COCCN1CCC(F)(F)CC1. The molecule has 3 nitrogen and oxygen atoms in total. The maximum Gasteiger partial charge on any atom is 0.293 e. The van der Waals surface area contributed by atoms with Gasteiger partial charge in [0.25, 0.3) is 12.4 Å². The summed E-state index contributed by atoms with van der Waals surface area (Å²) in [7, 11) is 0. The van der Waals surface area contributed by atoms with E-state index >= 15 is 0 Å². The fraction of sp³-hybridized carbons (Fsp3) is 0.875. The van der Waals surface area contributed by atoms with E-state index in [-0.39, 0.29) is 19.4 Å². The van der Waals surface area contributed by atoms with E-state index in [0.717, 1.165) is 0 Å². The van der Waals surface area contributed by atoms with E-state index in [1.165, 1.54) is 0 Å². The van der Waals surface area contributed by atoms with Crippen molar-refractivity contribution in [2.45, 2.75) is 18.8 Å². The zero-order chi connectivity index (χ0) is 9.73. The van der Waals surface area contributed by atoms with Gasteiger partial charge in [-0.3, -0.25) is 9.69 Å². The van der Waals surface area contributed by atoms with E-state index in [4.69, 9.17) is 0 Å². The number of nitrogens with zero attached hydrogens (tertiary/aromatic N) is 1. The van der Waals surface area contributed by atoms with Crippen LogP contribution in [0, 0.1) is 0 Å². The molecule has 0 spiro atoms. The average molecular weight is 193 g/mol. The highest BCUT2D eigenvalue weighted by molar-refractivity contribution is 5.36. The smallest absolute Gasteiger partial charge is 0.293 e. The molecular weight excluding hydrogens is 180 g/mol. The van der Waals surface area contributed by atoms with Crippen LogP contribution in [0.15, 0.2) is 0 Å². The minimum atomic E-state index is -2.50. The van der Waals surface area contributed by atoms with Gasteiger partial charge >= 0.3 is 0 Å². The van der Waals surface area contributed by atoms with Crippen LogP contribution in [0.5, 0.6) is 0 Å². The second kappa shape index (κ2) is 4.50. The summed E-state index contributed by atoms with van der Waals surface area (Å²) in [5.74, 6) is -2.50. The molecule has 0 aliphatic carbocycles. The zero-order valence-electron chi connectivity index (χ0n) is 7.34. The molecule has 1 saturated heterocycles. The second-order valence-electron chi connectivity index (χ2n) is 3.16. The maximum atomic E-state index is 12.7. The Morgan fingerprint density at radius 1 is 1.38 bits per heavy atom. The van der Waals surface area contributed by atoms with Gasteiger partial charge in [-0.15, -0.1) is 0 Å². The Labute approximate surface area is 75.7 Å². The monoisotopic (exact) mass is 193 g/mol. The number of halogens is 2. The maximum absolute atomic E-state index is 12.7. The summed E-state index contributed by atoms with van der Waals surface area (Å²) >= 11 is 0. The molecule has 0 radical (unpaired) electrons. The number of likely N-dealkylation sites (tertiary alicyclic amines) is 1. The van der Waals surface area contributed by atoms with Crippen molar-refractivity contribution in [3.05, 3.63) is 0 Å². The number of carbonyl (C=O) groups is 1. The Morgan fingerprint density at radius 3 is 2.54 bits per heavy atom. The largest absolute Gasteiger partial charge is 0.467 e. The van der Waals surface area contributed by atoms with Gasteiger partial charge in [0.1, 0.15) is 6.61 Å². The molecule has 1 aliphatic rings. The van der Waals surface area contributed by atoms with Crippen LogP contribution < -0.4 is 0 Å². The molecule has 0 aromatic rings. The topological polar surface area (TPSA) is 29.5 Å². The first-order chi connectivity index (χ1) is 6.14. The van der Waals surface area contributed by atoms with Crippen LogP contribution in [0.2, 0.25) is 0 Å². The molecule has 1 fully saturated rings.